The maximum absolute atomic E-state index is 11.5. The SMILES string of the molecule is CC(C)(C)Nc1nc(N[C@@H]2CCC[C@](C)(O)C2)ncc1C(N)=O. The number of nitrogens with zero attached hydrogens (tertiary/aromatic N) is 2. The van der Waals surface area contributed by atoms with Gasteiger partial charge in [-0.25, -0.2) is 4.98 Å². The molecule has 0 spiro atoms. The monoisotopic (exact) mass is 321 g/mol. The number of nitrogens with two attached hydrogens (primary N) is 1. The molecule has 0 unspecified atom stereocenters. The summed E-state index contributed by atoms with van der Waals surface area (Å²) in [5.74, 6) is 0.290. The maximum atomic E-state index is 11.5. The van der Waals surface area contributed by atoms with Crippen molar-refractivity contribution in [2.45, 2.75) is 70.6 Å². The van der Waals surface area contributed by atoms with Gasteiger partial charge in [0.05, 0.1) is 11.2 Å². The van der Waals surface area contributed by atoms with Crippen LogP contribution >= 0.6 is 0 Å². The number of carbonyl (C=O) groups is 1. The van der Waals surface area contributed by atoms with Crippen molar-refractivity contribution >= 4 is 17.7 Å². The fourth-order valence-electron chi connectivity index (χ4n) is 2.85. The number of hydrogen-bond donors (Lipinski definition) is 4. The minimum atomic E-state index is -0.657. The third kappa shape index (κ3) is 5.06. The lowest BCUT2D eigenvalue weighted by Crippen LogP contribution is -2.38. The molecule has 7 heteroatoms. The number of nitrogens with one attached hydrogen (secondary N) is 2. The van der Waals surface area contributed by atoms with E-state index in [9.17, 15) is 9.90 Å². The fraction of sp³-hybridized carbons (Fsp3) is 0.688. The number of anilines is 2. The van der Waals surface area contributed by atoms with Crippen molar-refractivity contribution in [3.05, 3.63) is 11.8 Å². The number of aromatic nitrogens is 2. The number of hydrogen-bond acceptors (Lipinski definition) is 6. The van der Waals surface area contributed by atoms with Crippen LogP contribution in [0.5, 0.6) is 0 Å². The molecule has 1 aliphatic carbocycles. The molecule has 0 bridgehead atoms. The maximum Gasteiger partial charge on any atom is 0.254 e. The van der Waals surface area contributed by atoms with E-state index >= 15 is 0 Å². The second-order valence-electron chi connectivity index (χ2n) is 7.63. The molecule has 5 N–H and O–H groups in total. The lowest BCUT2D eigenvalue weighted by molar-refractivity contribution is 0.0182. The number of aliphatic hydroxyl groups is 1. The molecule has 1 aliphatic rings. The molecule has 0 aromatic carbocycles. The molecule has 2 rings (SSSR count). The largest absolute Gasteiger partial charge is 0.390 e. The summed E-state index contributed by atoms with van der Waals surface area (Å²) < 4.78 is 0. The van der Waals surface area contributed by atoms with Crippen molar-refractivity contribution in [2.75, 3.05) is 10.6 Å². The number of rotatable bonds is 4. The summed E-state index contributed by atoms with van der Waals surface area (Å²) in [6.07, 6.45) is 4.81. The molecule has 128 valence electrons. The summed E-state index contributed by atoms with van der Waals surface area (Å²) in [5.41, 5.74) is 4.74. The second kappa shape index (κ2) is 6.31. The Labute approximate surface area is 137 Å². The van der Waals surface area contributed by atoms with Crippen molar-refractivity contribution in [2.24, 2.45) is 5.73 Å². The van der Waals surface area contributed by atoms with E-state index < -0.39 is 11.5 Å². The van der Waals surface area contributed by atoms with Crippen LogP contribution in [0.25, 0.3) is 0 Å². The molecule has 7 nitrogen and oxygen atoms in total. The Kier molecular flexibility index (Phi) is 4.79. The van der Waals surface area contributed by atoms with E-state index in [4.69, 9.17) is 5.73 Å². The first-order chi connectivity index (χ1) is 10.6. The lowest BCUT2D eigenvalue weighted by atomic mass is 9.83. The molecule has 0 aliphatic heterocycles. The summed E-state index contributed by atoms with van der Waals surface area (Å²) in [7, 11) is 0. The molecule has 2 atom stereocenters. The Morgan fingerprint density at radius 3 is 2.74 bits per heavy atom. The molecule has 1 aromatic heterocycles. The predicted molar refractivity (Wildman–Crippen MR) is 90.4 cm³/mol. The molecule has 1 aromatic rings. The van der Waals surface area contributed by atoms with Gasteiger partial charge in [-0.1, -0.05) is 0 Å². The average Bonchev–Trinajstić information content (AvgIpc) is 2.35. The van der Waals surface area contributed by atoms with Gasteiger partial charge in [0.15, 0.2) is 0 Å². The summed E-state index contributed by atoms with van der Waals surface area (Å²) in [5, 5.41) is 16.6. The van der Waals surface area contributed by atoms with Crippen molar-refractivity contribution in [1.82, 2.24) is 9.97 Å². The van der Waals surface area contributed by atoms with Crippen molar-refractivity contribution < 1.29 is 9.90 Å². The van der Waals surface area contributed by atoms with Crippen LogP contribution in [0.15, 0.2) is 6.20 Å². The molecular formula is C16H27N5O2. The molecule has 23 heavy (non-hydrogen) atoms. The minimum absolute atomic E-state index is 0.112. The Morgan fingerprint density at radius 1 is 1.48 bits per heavy atom. The Hall–Kier alpha value is -1.89. The smallest absolute Gasteiger partial charge is 0.254 e. The van der Waals surface area contributed by atoms with Gasteiger partial charge < -0.3 is 21.5 Å². The summed E-state index contributed by atoms with van der Waals surface area (Å²) in [6.45, 7) is 7.78. The van der Waals surface area contributed by atoms with Gasteiger partial charge in [0, 0.05) is 17.8 Å². The van der Waals surface area contributed by atoms with E-state index in [0.717, 1.165) is 19.3 Å². The summed E-state index contributed by atoms with van der Waals surface area (Å²) in [6, 6.07) is 0.112. The van der Waals surface area contributed by atoms with E-state index in [1.54, 1.807) is 0 Å². The average molecular weight is 321 g/mol. The third-order valence-electron chi connectivity index (χ3n) is 3.83. The zero-order valence-corrected chi connectivity index (χ0v) is 14.3. The highest BCUT2D eigenvalue weighted by Crippen LogP contribution is 2.29. The molecule has 1 heterocycles. The van der Waals surface area contributed by atoms with E-state index in [2.05, 4.69) is 20.6 Å². The van der Waals surface area contributed by atoms with Crippen LogP contribution in [0.2, 0.25) is 0 Å². The number of amides is 1. The van der Waals surface area contributed by atoms with Crippen LogP contribution in [0.4, 0.5) is 11.8 Å². The van der Waals surface area contributed by atoms with E-state index in [-0.39, 0.29) is 17.1 Å². The third-order valence-corrected chi connectivity index (χ3v) is 3.83. The molecule has 1 fully saturated rings. The zero-order chi connectivity index (χ0) is 17.3. The number of carbonyl (C=O) groups excluding carboxylic acids is 1. The standard InChI is InChI=1S/C16H27N5O2/c1-15(2,3)21-13-11(12(17)22)9-18-14(20-13)19-10-6-5-7-16(4,23)8-10/h9-10,23H,5-8H2,1-4H3,(H2,17,22)(H2,18,19,20,21)/t10-,16+/m1/s1. The van der Waals surface area contributed by atoms with Crippen LogP contribution in [-0.4, -0.2) is 38.2 Å². The highest BCUT2D eigenvalue weighted by Gasteiger charge is 2.30. The van der Waals surface area contributed by atoms with Gasteiger partial charge in [-0.3, -0.25) is 4.79 Å². The van der Waals surface area contributed by atoms with Gasteiger partial charge in [0.2, 0.25) is 5.95 Å². The highest BCUT2D eigenvalue weighted by atomic mass is 16.3. The lowest BCUT2D eigenvalue weighted by Gasteiger charge is -2.34. The van der Waals surface area contributed by atoms with Crippen LogP contribution in [0, 0.1) is 0 Å². The van der Waals surface area contributed by atoms with Gasteiger partial charge in [-0.05, 0) is 53.4 Å². The van der Waals surface area contributed by atoms with Crippen LogP contribution in [0.3, 0.4) is 0 Å². The van der Waals surface area contributed by atoms with E-state index in [1.807, 2.05) is 27.7 Å². The molecule has 1 saturated carbocycles. The first-order valence-electron chi connectivity index (χ1n) is 8.00. The van der Waals surface area contributed by atoms with Crippen molar-refractivity contribution in [3.8, 4) is 0 Å². The van der Waals surface area contributed by atoms with Crippen LogP contribution in [-0.2, 0) is 0 Å². The normalized spacial score (nSPS) is 25.0. The predicted octanol–water partition coefficient (Wildman–Crippen LogP) is 1.89. The van der Waals surface area contributed by atoms with Gasteiger partial charge >= 0.3 is 0 Å². The zero-order valence-electron chi connectivity index (χ0n) is 14.3. The molecule has 0 saturated heterocycles. The molecule has 0 radical (unpaired) electrons. The van der Waals surface area contributed by atoms with Crippen molar-refractivity contribution in [3.63, 3.8) is 0 Å². The van der Waals surface area contributed by atoms with E-state index in [0.29, 0.717) is 18.2 Å². The Morgan fingerprint density at radius 2 is 2.17 bits per heavy atom. The van der Waals surface area contributed by atoms with Gasteiger partial charge in [0.25, 0.3) is 5.91 Å². The number of primary amides is 1. The van der Waals surface area contributed by atoms with Gasteiger partial charge in [-0.2, -0.15) is 4.98 Å². The topological polar surface area (TPSA) is 113 Å². The Bertz CT molecular complexity index is 580. The van der Waals surface area contributed by atoms with Crippen LogP contribution < -0.4 is 16.4 Å². The fourth-order valence-corrected chi connectivity index (χ4v) is 2.85. The molecular weight excluding hydrogens is 294 g/mol. The van der Waals surface area contributed by atoms with Gasteiger partial charge in [-0.15, -0.1) is 0 Å². The minimum Gasteiger partial charge on any atom is -0.390 e. The highest BCUT2D eigenvalue weighted by molar-refractivity contribution is 5.97. The van der Waals surface area contributed by atoms with Crippen molar-refractivity contribution in [1.29, 1.82) is 0 Å². The Balaban J connectivity index is 2.19. The second-order valence-corrected chi connectivity index (χ2v) is 7.63. The quantitative estimate of drug-likeness (QED) is 0.673. The molecule has 1 amide bonds. The first-order valence-corrected chi connectivity index (χ1v) is 8.00. The first kappa shape index (κ1) is 17.5. The summed E-state index contributed by atoms with van der Waals surface area (Å²) in [4.78, 5) is 20.1. The van der Waals surface area contributed by atoms with Gasteiger partial charge in [0.1, 0.15) is 5.82 Å². The van der Waals surface area contributed by atoms with E-state index in [1.165, 1.54) is 6.20 Å². The summed E-state index contributed by atoms with van der Waals surface area (Å²) >= 11 is 0. The van der Waals surface area contributed by atoms with Crippen LogP contribution in [0.1, 0.15) is 63.7 Å².